The molecule has 2 rings (SSSR count). The second kappa shape index (κ2) is 6.57. The summed E-state index contributed by atoms with van der Waals surface area (Å²) in [6, 6.07) is 9.40. The Balaban J connectivity index is 2.56. The molecule has 2 aromatic rings. The number of hydrogen-bond acceptors (Lipinski definition) is 3. The lowest BCUT2D eigenvalue weighted by molar-refractivity contribution is 0.0691. The number of benzene rings is 1. The molecule has 0 aliphatic carbocycles. The Morgan fingerprint density at radius 2 is 2.05 bits per heavy atom. The largest absolute Gasteiger partial charge is 0.477 e. The van der Waals surface area contributed by atoms with Crippen LogP contribution in [0.2, 0.25) is 0 Å². The summed E-state index contributed by atoms with van der Waals surface area (Å²) in [5, 5.41) is 10.3. The Bertz CT molecular complexity index is 640. The smallest absolute Gasteiger partial charge is 0.354 e. The van der Waals surface area contributed by atoms with Crippen molar-refractivity contribution in [3.05, 3.63) is 36.0 Å². The van der Waals surface area contributed by atoms with Crippen LogP contribution >= 0.6 is 0 Å². The summed E-state index contributed by atoms with van der Waals surface area (Å²) < 4.78 is 0. The van der Waals surface area contributed by atoms with Crippen molar-refractivity contribution < 1.29 is 9.90 Å². The third-order valence-corrected chi connectivity index (χ3v) is 3.86. The highest BCUT2D eigenvalue weighted by Crippen LogP contribution is 2.27. The van der Waals surface area contributed by atoms with Crippen molar-refractivity contribution in [3.8, 4) is 0 Å². The predicted molar refractivity (Wildman–Crippen MR) is 86.0 cm³/mol. The van der Waals surface area contributed by atoms with E-state index in [1.807, 2.05) is 24.3 Å². The first-order valence-electron chi connectivity index (χ1n) is 7.44. The molecule has 112 valence electrons. The van der Waals surface area contributed by atoms with Crippen LogP contribution < -0.4 is 4.90 Å². The summed E-state index contributed by atoms with van der Waals surface area (Å²) in [7, 11) is 0. The van der Waals surface area contributed by atoms with Crippen molar-refractivity contribution in [2.75, 3.05) is 18.0 Å². The van der Waals surface area contributed by atoms with Gasteiger partial charge in [0.05, 0.1) is 5.52 Å². The summed E-state index contributed by atoms with van der Waals surface area (Å²) in [4.78, 5) is 17.8. The zero-order chi connectivity index (χ0) is 15.4. The number of aromatic nitrogens is 1. The molecule has 0 bridgehead atoms. The molecule has 1 N–H and O–H groups in total. The van der Waals surface area contributed by atoms with Gasteiger partial charge in [0.1, 0.15) is 0 Å². The van der Waals surface area contributed by atoms with Gasteiger partial charge in [0, 0.05) is 24.2 Å². The molecule has 0 aliphatic rings. The molecule has 1 unspecified atom stereocenters. The van der Waals surface area contributed by atoms with Crippen molar-refractivity contribution >= 4 is 22.6 Å². The van der Waals surface area contributed by atoms with Crippen LogP contribution in [0.5, 0.6) is 0 Å². The number of aromatic carboxylic acids is 1. The molecule has 1 aromatic heterocycles. The highest BCUT2D eigenvalue weighted by Gasteiger charge is 2.16. The van der Waals surface area contributed by atoms with E-state index in [9.17, 15) is 9.90 Å². The zero-order valence-electron chi connectivity index (χ0n) is 12.8. The number of hydrogen-bond donors (Lipinski definition) is 1. The average molecular weight is 286 g/mol. The van der Waals surface area contributed by atoms with Gasteiger partial charge in [-0.15, -0.1) is 0 Å². The number of para-hydroxylation sites is 1. The van der Waals surface area contributed by atoms with E-state index in [0.29, 0.717) is 5.92 Å². The molecule has 0 saturated heterocycles. The van der Waals surface area contributed by atoms with Crippen molar-refractivity contribution in [1.29, 1.82) is 0 Å². The number of carboxylic acid groups (broad SMARTS) is 1. The van der Waals surface area contributed by atoms with Gasteiger partial charge in [0.25, 0.3) is 0 Å². The van der Waals surface area contributed by atoms with E-state index in [1.165, 1.54) is 0 Å². The van der Waals surface area contributed by atoms with Crippen LogP contribution in [-0.4, -0.2) is 29.1 Å². The molecule has 0 saturated carbocycles. The molecular formula is C17H22N2O2. The molecule has 0 amide bonds. The van der Waals surface area contributed by atoms with Crippen LogP contribution in [0.25, 0.3) is 10.9 Å². The van der Waals surface area contributed by atoms with Crippen molar-refractivity contribution in [3.63, 3.8) is 0 Å². The van der Waals surface area contributed by atoms with E-state index in [0.717, 1.165) is 36.1 Å². The van der Waals surface area contributed by atoms with Gasteiger partial charge in [-0.25, -0.2) is 9.78 Å². The number of anilines is 1. The van der Waals surface area contributed by atoms with E-state index in [4.69, 9.17) is 0 Å². The Labute approximate surface area is 125 Å². The van der Waals surface area contributed by atoms with E-state index in [2.05, 4.69) is 30.7 Å². The van der Waals surface area contributed by atoms with Gasteiger partial charge in [0.2, 0.25) is 0 Å². The maximum Gasteiger partial charge on any atom is 0.354 e. The monoisotopic (exact) mass is 286 g/mol. The number of rotatable bonds is 6. The Kier molecular flexibility index (Phi) is 4.78. The predicted octanol–water partition coefficient (Wildman–Crippen LogP) is 3.81. The van der Waals surface area contributed by atoms with Crippen molar-refractivity contribution in [1.82, 2.24) is 4.98 Å². The van der Waals surface area contributed by atoms with Crippen LogP contribution in [0.1, 0.15) is 37.7 Å². The minimum Gasteiger partial charge on any atom is -0.477 e. The Hall–Kier alpha value is -2.10. The van der Waals surface area contributed by atoms with E-state index < -0.39 is 5.97 Å². The molecule has 4 heteroatoms. The molecule has 21 heavy (non-hydrogen) atoms. The summed E-state index contributed by atoms with van der Waals surface area (Å²) in [5.74, 6) is -0.424. The second-order valence-corrected chi connectivity index (χ2v) is 5.40. The third kappa shape index (κ3) is 3.32. The SMILES string of the molecule is CCC(C)CN(CC)c1cc(C(=O)O)nc2ccccc12. The fourth-order valence-corrected chi connectivity index (χ4v) is 2.43. The van der Waals surface area contributed by atoms with Crippen LogP contribution in [-0.2, 0) is 0 Å². The molecule has 0 aliphatic heterocycles. The maximum absolute atomic E-state index is 11.3. The molecule has 1 atom stereocenters. The molecule has 1 aromatic carbocycles. The third-order valence-electron chi connectivity index (χ3n) is 3.86. The first kappa shape index (κ1) is 15.3. The summed E-state index contributed by atoms with van der Waals surface area (Å²) in [6.07, 6.45) is 1.10. The van der Waals surface area contributed by atoms with Gasteiger partial charge in [-0.1, -0.05) is 38.5 Å². The van der Waals surface area contributed by atoms with Crippen LogP contribution in [0.3, 0.4) is 0 Å². The first-order valence-corrected chi connectivity index (χ1v) is 7.44. The molecular weight excluding hydrogens is 264 g/mol. The summed E-state index contributed by atoms with van der Waals surface area (Å²) in [6.45, 7) is 8.24. The summed E-state index contributed by atoms with van der Waals surface area (Å²) in [5.41, 5.74) is 1.79. The lowest BCUT2D eigenvalue weighted by atomic mass is 10.1. The second-order valence-electron chi connectivity index (χ2n) is 5.40. The van der Waals surface area contributed by atoms with Crippen LogP contribution in [0.4, 0.5) is 5.69 Å². The minimum absolute atomic E-state index is 0.103. The first-order chi connectivity index (χ1) is 10.1. The molecule has 0 spiro atoms. The maximum atomic E-state index is 11.3. The fraction of sp³-hybridized carbons (Fsp3) is 0.412. The number of fused-ring (bicyclic) bond motifs is 1. The standard InChI is InChI=1S/C17H22N2O2/c1-4-12(3)11-19(5-2)16-10-15(17(20)21)18-14-9-7-6-8-13(14)16/h6-10,12H,4-5,11H2,1-3H3,(H,20,21). The lowest BCUT2D eigenvalue weighted by Crippen LogP contribution is -2.28. The number of nitrogens with zero attached hydrogens (tertiary/aromatic N) is 2. The van der Waals surface area contributed by atoms with Crippen LogP contribution in [0.15, 0.2) is 30.3 Å². The molecule has 0 fully saturated rings. The van der Waals surface area contributed by atoms with Crippen molar-refractivity contribution in [2.24, 2.45) is 5.92 Å². The number of carbonyl (C=O) groups is 1. The topological polar surface area (TPSA) is 53.4 Å². The number of pyridine rings is 1. The van der Waals surface area contributed by atoms with Crippen molar-refractivity contribution in [2.45, 2.75) is 27.2 Å². The molecule has 0 radical (unpaired) electrons. The quantitative estimate of drug-likeness (QED) is 0.877. The Morgan fingerprint density at radius 1 is 1.33 bits per heavy atom. The molecule has 1 heterocycles. The van der Waals surface area contributed by atoms with E-state index in [-0.39, 0.29) is 5.69 Å². The molecule has 4 nitrogen and oxygen atoms in total. The summed E-state index contributed by atoms with van der Waals surface area (Å²) >= 11 is 0. The normalized spacial score (nSPS) is 12.3. The van der Waals surface area contributed by atoms with E-state index >= 15 is 0 Å². The van der Waals surface area contributed by atoms with Gasteiger partial charge < -0.3 is 10.0 Å². The van der Waals surface area contributed by atoms with Gasteiger partial charge in [-0.2, -0.15) is 0 Å². The van der Waals surface area contributed by atoms with Crippen LogP contribution in [0, 0.1) is 5.92 Å². The average Bonchev–Trinajstić information content (AvgIpc) is 2.51. The Morgan fingerprint density at radius 3 is 2.67 bits per heavy atom. The van der Waals surface area contributed by atoms with Gasteiger partial charge >= 0.3 is 5.97 Å². The lowest BCUT2D eigenvalue weighted by Gasteiger charge is -2.27. The fourth-order valence-electron chi connectivity index (χ4n) is 2.43. The van der Waals surface area contributed by atoms with Gasteiger partial charge in [0.15, 0.2) is 5.69 Å². The van der Waals surface area contributed by atoms with Gasteiger partial charge in [-0.3, -0.25) is 0 Å². The van der Waals surface area contributed by atoms with E-state index in [1.54, 1.807) is 6.07 Å². The highest BCUT2D eigenvalue weighted by atomic mass is 16.4. The highest BCUT2D eigenvalue weighted by molar-refractivity contribution is 5.97. The minimum atomic E-state index is -0.985. The number of carboxylic acids is 1. The van der Waals surface area contributed by atoms with Gasteiger partial charge in [-0.05, 0) is 25.0 Å². The zero-order valence-corrected chi connectivity index (χ0v) is 12.8.